The number of anilines is 3. The molecule has 0 aliphatic heterocycles. The van der Waals surface area contributed by atoms with Crippen molar-refractivity contribution < 1.29 is 9.59 Å². The molecule has 2 aromatic heterocycles. The summed E-state index contributed by atoms with van der Waals surface area (Å²) in [6.45, 7) is 9.85. The van der Waals surface area contributed by atoms with Gasteiger partial charge in [-0.15, -0.1) is 17.9 Å². The van der Waals surface area contributed by atoms with Crippen LogP contribution in [0.5, 0.6) is 0 Å². The number of nitrogens with zero attached hydrogens (tertiary/aromatic N) is 2. The molecule has 8 heteroatoms. The zero-order valence-corrected chi connectivity index (χ0v) is 24.6. The molecule has 206 valence electrons. The van der Waals surface area contributed by atoms with E-state index >= 15 is 0 Å². The Morgan fingerprint density at radius 2 is 1.76 bits per heavy atom. The quantitative estimate of drug-likeness (QED) is 0.190. The van der Waals surface area contributed by atoms with Crippen LogP contribution in [0.2, 0.25) is 5.02 Å². The number of aryl methyl sites for hydroxylation is 3. The van der Waals surface area contributed by atoms with Crippen LogP contribution in [0.3, 0.4) is 0 Å². The lowest BCUT2D eigenvalue weighted by Gasteiger charge is -2.21. The second-order valence-electron chi connectivity index (χ2n) is 9.76. The summed E-state index contributed by atoms with van der Waals surface area (Å²) in [6, 6.07) is 22.5. The average molecular weight is 581 g/mol. The number of pyridine rings is 1. The summed E-state index contributed by atoms with van der Waals surface area (Å²) in [7, 11) is 0. The van der Waals surface area contributed by atoms with Crippen LogP contribution >= 0.6 is 22.9 Å². The van der Waals surface area contributed by atoms with E-state index in [2.05, 4.69) is 11.9 Å². The van der Waals surface area contributed by atoms with Gasteiger partial charge in [-0.2, -0.15) is 0 Å². The molecule has 0 atom stereocenters. The van der Waals surface area contributed by atoms with Gasteiger partial charge in [0.2, 0.25) is 0 Å². The number of aromatic nitrogens is 1. The Balaban J connectivity index is 1.73. The predicted octanol–water partition coefficient (Wildman–Crippen LogP) is 8.21. The number of benzene rings is 3. The molecule has 0 saturated heterocycles. The number of carbonyl (C=O) groups excluding carboxylic acids is 2. The second kappa shape index (κ2) is 11.6. The molecule has 5 aromatic rings. The third-order valence-corrected chi connectivity index (χ3v) is 8.29. The van der Waals surface area contributed by atoms with Gasteiger partial charge in [-0.3, -0.25) is 9.59 Å². The van der Waals surface area contributed by atoms with Gasteiger partial charge >= 0.3 is 0 Å². The Bertz CT molecular complexity index is 1810. The van der Waals surface area contributed by atoms with Crippen LogP contribution in [0.15, 0.2) is 85.5 Å². The summed E-state index contributed by atoms with van der Waals surface area (Å²) in [5.74, 6) is -0.615. The van der Waals surface area contributed by atoms with Gasteiger partial charge in [0.05, 0.1) is 16.9 Å². The van der Waals surface area contributed by atoms with E-state index in [4.69, 9.17) is 22.3 Å². The molecule has 2 amide bonds. The van der Waals surface area contributed by atoms with Gasteiger partial charge in [-0.25, -0.2) is 4.98 Å². The van der Waals surface area contributed by atoms with E-state index in [1.807, 2.05) is 80.6 Å². The molecular formula is C33H29ClN4O2S. The summed E-state index contributed by atoms with van der Waals surface area (Å²) >= 11 is 7.91. The number of amides is 2. The Morgan fingerprint density at radius 1 is 1.05 bits per heavy atom. The maximum absolute atomic E-state index is 13.9. The summed E-state index contributed by atoms with van der Waals surface area (Å²) in [6.07, 6.45) is 1.67. The molecule has 0 fully saturated rings. The number of fused-ring (bicyclic) bond motifs is 1. The number of hydrogen-bond donors (Lipinski definition) is 2. The molecule has 2 heterocycles. The molecule has 0 unspecified atom stereocenters. The molecular weight excluding hydrogens is 552 g/mol. The Morgan fingerprint density at radius 3 is 2.44 bits per heavy atom. The predicted molar refractivity (Wildman–Crippen MR) is 171 cm³/mol. The topological polar surface area (TPSA) is 88.3 Å². The third kappa shape index (κ3) is 5.34. The molecule has 5 rings (SSSR count). The van der Waals surface area contributed by atoms with E-state index in [9.17, 15) is 9.59 Å². The second-order valence-corrected chi connectivity index (χ2v) is 11.2. The number of para-hydroxylation sites is 1. The highest BCUT2D eigenvalue weighted by Crippen LogP contribution is 2.44. The molecule has 0 saturated carbocycles. The maximum atomic E-state index is 13.9. The monoisotopic (exact) mass is 580 g/mol. The van der Waals surface area contributed by atoms with Crippen molar-refractivity contribution in [1.82, 2.24) is 4.98 Å². The van der Waals surface area contributed by atoms with Crippen molar-refractivity contribution in [3.05, 3.63) is 118 Å². The Hall–Kier alpha value is -4.46. The van der Waals surface area contributed by atoms with Crippen LogP contribution in [0.25, 0.3) is 21.3 Å². The highest BCUT2D eigenvalue weighted by molar-refractivity contribution is 7.21. The summed E-state index contributed by atoms with van der Waals surface area (Å²) < 4.78 is 0. The first kappa shape index (κ1) is 28.1. The molecule has 0 aliphatic rings. The first-order valence-electron chi connectivity index (χ1n) is 13.0. The van der Waals surface area contributed by atoms with Gasteiger partial charge in [0.15, 0.2) is 0 Å². The molecule has 41 heavy (non-hydrogen) atoms. The van der Waals surface area contributed by atoms with Crippen LogP contribution in [0.4, 0.5) is 17.1 Å². The number of nitrogens with one attached hydrogen (secondary N) is 1. The van der Waals surface area contributed by atoms with Crippen molar-refractivity contribution in [2.45, 2.75) is 20.8 Å². The number of thiophene rings is 1. The minimum absolute atomic E-state index is 0.253. The molecule has 0 radical (unpaired) electrons. The van der Waals surface area contributed by atoms with Crippen molar-refractivity contribution in [3.63, 3.8) is 0 Å². The van der Waals surface area contributed by atoms with E-state index in [-0.39, 0.29) is 17.5 Å². The first-order chi connectivity index (χ1) is 19.7. The number of halogens is 1. The zero-order valence-electron chi connectivity index (χ0n) is 23.0. The van der Waals surface area contributed by atoms with Crippen molar-refractivity contribution in [1.29, 1.82) is 0 Å². The smallest absolute Gasteiger partial charge is 0.270 e. The van der Waals surface area contributed by atoms with E-state index in [0.29, 0.717) is 54.7 Å². The Kier molecular flexibility index (Phi) is 7.92. The van der Waals surface area contributed by atoms with Crippen LogP contribution in [-0.2, 0) is 0 Å². The fourth-order valence-corrected chi connectivity index (χ4v) is 6.27. The van der Waals surface area contributed by atoms with Crippen LogP contribution in [-0.4, -0.2) is 23.3 Å². The van der Waals surface area contributed by atoms with Gasteiger partial charge < -0.3 is 16.0 Å². The number of hydrogen-bond acceptors (Lipinski definition) is 5. The lowest BCUT2D eigenvalue weighted by molar-refractivity contribution is 0.0992. The van der Waals surface area contributed by atoms with E-state index in [0.717, 1.165) is 16.8 Å². The van der Waals surface area contributed by atoms with Crippen molar-refractivity contribution in [3.8, 4) is 11.1 Å². The van der Waals surface area contributed by atoms with Gasteiger partial charge in [-0.1, -0.05) is 71.8 Å². The molecule has 0 bridgehead atoms. The summed E-state index contributed by atoms with van der Waals surface area (Å²) in [5, 5.41) is 4.03. The maximum Gasteiger partial charge on any atom is 0.270 e. The fourth-order valence-electron chi connectivity index (χ4n) is 4.94. The lowest BCUT2D eigenvalue weighted by atomic mass is 9.94. The normalized spacial score (nSPS) is 10.9. The van der Waals surface area contributed by atoms with Crippen LogP contribution in [0, 0.1) is 20.8 Å². The first-order valence-corrected chi connectivity index (χ1v) is 14.2. The summed E-state index contributed by atoms with van der Waals surface area (Å²) in [4.78, 5) is 35.1. The highest BCUT2D eigenvalue weighted by Gasteiger charge is 2.29. The van der Waals surface area contributed by atoms with Gasteiger partial charge in [0, 0.05) is 39.5 Å². The molecule has 3 N–H and O–H groups in total. The average Bonchev–Trinajstić information content (AvgIpc) is 3.28. The minimum Gasteiger partial charge on any atom is -0.397 e. The van der Waals surface area contributed by atoms with Crippen molar-refractivity contribution >= 4 is 62.0 Å². The fraction of sp³-hybridized carbons (Fsp3) is 0.121. The SMILES string of the molecule is C=CCN(C(=O)c1sc2nc(C)c(C(=O)Nc3ccc(C)cc3C)c(-c3ccccc3Cl)c2c1N)c1ccccc1. The van der Waals surface area contributed by atoms with E-state index in [1.54, 1.807) is 24.0 Å². The van der Waals surface area contributed by atoms with Gasteiger partial charge in [0.1, 0.15) is 9.71 Å². The lowest BCUT2D eigenvalue weighted by Crippen LogP contribution is -2.30. The van der Waals surface area contributed by atoms with E-state index in [1.165, 1.54) is 11.3 Å². The van der Waals surface area contributed by atoms with Crippen LogP contribution in [0.1, 0.15) is 36.9 Å². The number of nitrogen functional groups attached to an aromatic ring is 1. The van der Waals surface area contributed by atoms with E-state index < -0.39 is 0 Å². The van der Waals surface area contributed by atoms with Gasteiger partial charge in [0.25, 0.3) is 11.8 Å². The highest BCUT2D eigenvalue weighted by atomic mass is 35.5. The van der Waals surface area contributed by atoms with Crippen molar-refractivity contribution in [2.24, 2.45) is 0 Å². The standard InChI is InChI=1S/C33H29ClN4O2S/c1-5-17-38(22-11-7-6-8-12-22)33(40)30-29(35)28-27(23-13-9-10-14-24(23)34)26(21(4)36-32(28)41-30)31(39)37-25-16-15-19(2)18-20(25)3/h5-16,18H,1,17,35H2,2-4H3,(H,37,39). The number of nitrogens with two attached hydrogens (primary N) is 1. The van der Waals surface area contributed by atoms with Gasteiger partial charge in [-0.05, 0) is 50.6 Å². The zero-order chi connectivity index (χ0) is 29.3. The van der Waals surface area contributed by atoms with Crippen molar-refractivity contribution in [2.75, 3.05) is 22.5 Å². The molecule has 0 aliphatic carbocycles. The third-order valence-electron chi connectivity index (χ3n) is 6.88. The number of carbonyl (C=O) groups is 2. The molecule has 6 nitrogen and oxygen atoms in total. The van der Waals surface area contributed by atoms with Crippen LogP contribution < -0.4 is 16.0 Å². The Labute approximate surface area is 248 Å². The number of rotatable bonds is 7. The largest absolute Gasteiger partial charge is 0.397 e. The minimum atomic E-state index is -0.338. The molecule has 3 aromatic carbocycles. The summed E-state index contributed by atoms with van der Waals surface area (Å²) in [5.41, 5.74) is 12.5. The molecule has 0 spiro atoms.